The third kappa shape index (κ3) is 2.37. The summed E-state index contributed by atoms with van der Waals surface area (Å²) in [6.07, 6.45) is 3.62. The largest absolute Gasteiger partial charge is 0.630 e. The van der Waals surface area contributed by atoms with Gasteiger partial charge < -0.3 is 10.7 Å². The number of hydrogen-bond acceptors (Lipinski definition) is 3. The van der Waals surface area contributed by atoms with Gasteiger partial charge in [-0.25, -0.2) is 4.68 Å². The van der Waals surface area contributed by atoms with Crippen LogP contribution in [0.25, 0.3) is 17.1 Å². The quantitative estimate of drug-likeness (QED) is 0.569. The first kappa shape index (κ1) is 11.6. The number of hydrogen-bond donors (Lipinski definition) is 1. The lowest BCUT2D eigenvalue weighted by Crippen LogP contribution is -2.70. The summed E-state index contributed by atoms with van der Waals surface area (Å²) >= 11 is 0. The molecule has 2 aromatic heterocycles. The molecule has 0 fully saturated rings. The first-order chi connectivity index (χ1) is 9.36. The van der Waals surface area contributed by atoms with Gasteiger partial charge in [-0.1, -0.05) is 6.07 Å². The van der Waals surface area contributed by atoms with Gasteiger partial charge in [-0.15, -0.1) is 0 Å². The summed E-state index contributed by atoms with van der Waals surface area (Å²) in [7, 11) is 0. The van der Waals surface area contributed by atoms with Crippen LogP contribution in [-0.4, -0.2) is 14.8 Å². The second-order valence-corrected chi connectivity index (χ2v) is 4.07. The summed E-state index contributed by atoms with van der Waals surface area (Å²) in [4.78, 5) is 4.26. The molecule has 5 nitrogen and oxygen atoms in total. The van der Waals surface area contributed by atoms with Crippen molar-refractivity contribution in [1.82, 2.24) is 14.8 Å². The van der Waals surface area contributed by atoms with Crippen LogP contribution in [0.3, 0.4) is 0 Å². The molecule has 94 valence electrons. The van der Waals surface area contributed by atoms with Crippen molar-refractivity contribution in [3.63, 3.8) is 0 Å². The van der Waals surface area contributed by atoms with Gasteiger partial charge in [-0.3, -0.25) is 4.98 Å². The topological polar surface area (TPSA) is 70.4 Å². The van der Waals surface area contributed by atoms with E-state index in [1.54, 1.807) is 23.0 Å². The molecule has 2 N–H and O–H groups in total. The van der Waals surface area contributed by atoms with Crippen molar-refractivity contribution in [3.8, 4) is 17.1 Å². The van der Waals surface area contributed by atoms with E-state index in [9.17, 15) is 5.21 Å². The minimum absolute atomic E-state index is 0.654. The zero-order chi connectivity index (χ0) is 13.1. The summed E-state index contributed by atoms with van der Waals surface area (Å²) in [6.45, 7) is 0. The number of nitrogens with zero attached hydrogens (tertiary/aromatic N) is 3. The van der Waals surface area contributed by atoms with Crippen LogP contribution in [0.5, 0.6) is 0 Å². The van der Waals surface area contributed by atoms with Gasteiger partial charge in [0.2, 0.25) is 0 Å². The van der Waals surface area contributed by atoms with Crippen molar-refractivity contribution in [2.24, 2.45) is 0 Å². The summed E-state index contributed by atoms with van der Waals surface area (Å²) in [6, 6.07) is 14.9. The number of rotatable bonds is 3. The van der Waals surface area contributed by atoms with Gasteiger partial charge in [0.15, 0.2) is 0 Å². The summed E-state index contributed by atoms with van der Waals surface area (Å²) in [5.41, 5.74) is 4.05. The van der Waals surface area contributed by atoms with Crippen LogP contribution >= 0.6 is 0 Å². The maximum atomic E-state index is 10.6. The molecule has 1 aromatic carbocycles. The molecule has 0 radical (unpaired) electrons. The fourth-order valence-electron chi connectivity index (χ4n) is 1.82. The van der Waals surface area contributed by atoms with E-state index in [0.29, 0.717) is 5.69 Å². The monoisotopic (exact) mass is 252 g/mol. The van der Waals surface area contributed by atoms with Crippen molar-refractivity contribution in [3.05, 3.63) is 66.1 Å². The van der Waals surface area contributed by atoms with Crippen LogP contribution in [0, 0.1) is 5.21 Å². The zero-order valence-electron chi connectivity index (χ0n) is 10.1. The SMILES string of the molecule is [O-][NH2+]c1ccc(-n2ccc(-c3ccccn3)n2)cc1. The summed E-state index contributed by atoms with van der Waals surface area (Å²) in [5, 5.41) is 15.1. The Morgan fingerprint density at radius 2 is 1.79 bits per heavy atom. The second kappa shape index (κ2) is 5.01. The molecule has 5 heteroatoms. The maximum Gasteiger partial charge on any atom is 0.129 e. The van der Waals surface area contributed by atoms with Crippen LogP contribution in [0.1, 0.15) is 0 Å². The van der Waals surface area contributed by atoms with E-state index in [0.717, 1.165) is 22.6 Å². The smallest absolute Gasteiger partial charge is 0.129 e. The molecule has 0 spiro atoms. The number of aromatic nitrogens is 3. The third-order valence-corrected chi connectivity index (χ3v) is 2.81. The summed E-state index contributed by atoms with van der Waals surface area (Å²) in [5.74, 6) is 0. The van der Waals surface area contributed by atoms with Gasteiger partial charge in [0.05, 0.1) is 11.4 Å². The van der Waals surface area contributed by atoms with Crippen molar-refractivity contribution in [2.45, 2.75) is 0 Å². The van der Waals surface area contributed by atoms with Crippen LogP contribution in [0.4, 0.5) is 5.69 Å². The fraction of sp³-hybridized carbons (Fsp3) is 0. The van der Waals surface area contributed by atoms with Gasteiger partial charge in [0.25, 0.3) is 0 Å². The zero-order valence-corrected chi connectivity index (χ0v) is 10.1. The lowest BCUT2D eigenvalue weighted by Gasteiger charge is -2.03. The van der Waals surface area contributed by atoms with Crippen LogP contribution in [0.2, 0.25) is 0 Å². The van der Waals surface area contributed by atoms with Gasteiger partial charge in [0, 0.05) is 24.5 Å². The molecule has 0 unspecified atom stereocenters. The van der Waals surface area contributed by atoms with E-state index in [1.807, 2.05) is 42.6 Å². The molecular formula is C14H12N4O. The standard InChI is InChI=1S/C14H12N4O/c19-17-11-4-6-12(7-5-11)18-10-8-14(16-18)13-3-1-2-9-15-13/h1-10H,17H2. The Balaban J connectivity index is 1.92. The van der Waals surface area contributed by atoms with Crippen molar-refractivity contribution in [2.75, 3.05) is 0 Å². The van der Waals surface area contributed by atoms with E-state index in [2.05, 4.69) is 10.1 Å². The van der Waals surface area contributed by atoms with Crippen molar-refractivity contribution in [1.29, 1.82) is 0 Å². The van der Waals surface area contributed by atoms with Crippen LogP contribution < -0.4 is 5.48 Å². The summed E-state index contributed by atoms with van der Waals surface area (Å²) < 4.78 is 1.76. The van der Waals surface area contributed by atoms with Crippen molar-refractivity contribution >= 4 is 5.69 Å². The Bertz CT molecular complexity index is 661. The number of quaternary nitrogens is 1. The fourth-order valence-corrected chi connectivity index (χ4v) is 1.82. The Morgan fingerprint density at radius 1 is 0.947 bits per heavy atom. The minimum Gasteiger partial charge on any atom is -0.630 e. The molecule has 2 heterocycles. The van der Waals surface area contributed by atoms with Crippen molar-refractivity contribution < 1.29 is 5.48 Å². The molecule has 0 amide bonds. The molecule has 0 aliphatic rings. The first-order valence-electron chi connectivity index (χ1n) is 5.89. The lowest BCUT2D eigenvalue weighted by atomic mass is 10.3. The Morgan fingerprint density at radius 3 is 2.47 bits per heavy atom. The van der Waals surface area contributed by atoms with Crippen LogP contribution in [-0.2, 0) is 0 Å². The molecule has 0 atom stereocenters. The van der Waals surface area contributed by atoms with Gasteiger partial charge >= 0.3 is 0 Å². The van der Waals surface area contributed by atoms with E-state index in [4.69, 9.17) is 0 Å². The number of pyridine rings is 1. The molecular weight excluding hydrogens is 240 g/mol. The molecule has 0 aliphatic heterocycles. The average Bonchev–Trinajstić information content (AvgIpc) is 2.98. The highest BCUT2D eigenvalue weighted by molar-refractivity contribution is 5.53. The first-order valence-corrected chi connectivity index (χ1v) is 5.89. The molecule has 0 bridgehead atoms. The second-order valence-electron chi connectivity index (χ2n) is 4.07. The molecule has 3 rings (SSSR count). The maximum absolute atomic E-state index is 10.6. The highest BCUT2D eigenvalue weighted by atomic mass is 16.5. The Labute approximate surface area is 110 Å². The molecule has 3 aromatic rings. The van der Waals surface area contributed by atoms with E-state index < -0.39 is 0 Å². The normalized spacial score (nSPS) is 10.6. The highest BCUT2D eigenvalue weighted by Crippen LogP contribution is 2.16. The Hall–Kier alpha value is -2.50. The molecule has 0 saturated heterocycles. The Kier molecular flexibility index (Phi) is 3.06. The highest BCUT2D eigenvalue weighted by Gasteiger charge is 2.04. The van der Waals surface area contributed by atoms with E-state index in [-0.39, 0.29) is 0 Å². The third-order valence-electron chi connectivity index (χ3n) is 2.81. The predicted molar refractivity (Wildman–Crippen MR) is 71.7 cm³/mol. The molecule has 0 aliphatic carbocycles. The number of benzene rings is 1. The molecule has 19 heavy (non-hydrogen) atoms. The average molecular weight is 252 g/mol. The van der Waals surface area contributed by atoms with Crippen LogP contribution in [0.15, 0.2) is 60.9 Å². The van der Waals surface area contributed by atoms with E-state index >= 15 is 0 Å². The van der Waals surface area contributed by atoms with Gasteiger partial charge in [0.1, 0.15) is 11.4 Å². The minimum atomic E-state index is 0.654. The van der Waals surface area contributed by atoms with E-state index in [1.165, 1.54) is 0 Å². The predicted octanol–water partition coefficient (Wildman–Crippen LogP) is 1.63. The molecule has 0 saturated carbocycles. The van der Waals surface area contributed by atoms with Gasteiger partial charge in [-0.05, 0) is 30.3 Å². The number of nitrogens with two attached hydrogens (primary N) is 1. The van der Waals surface area contributed by atoms with Gasteiger partial charge in [-0.2, -0.15) is 5.10 Å². The lowest BCUT2D eigenvalue weighted by molar-refractivity contribution is -0.497.